The van der Waals surface area contributed by atoms with Gasteiger partial charge in [-0.05, 0) is 30.3 Å². The second kappa shape index (κ2) is 7.21. The number of benzene rings is 2. The molecule has 2 rings (SSSR count). The molecule has 0 bridgehead atoms. The highest BCUT2D eigenvalue weighted by Gasteiger charge is 2.10. The Morgan fingerprint density at radius 2 is 2.00 bits per heavy atom. The molecule has 0 saturated heterocycles. The molecule has 0 radical (unpaired) electrons. The number of halogens is 1. The minimum atomic E-state index is -0.531. The normalized spacial score (nSPS) is 9.91. The standard InChI is InChI=1S/C16H14FNO4/c1-21-14-7-6-11(9-19)8-15(14)22-10-16(20)18-13-5-3-2-4-12(13)17/h2-9H,10H2,1H3,(H,18,20). The van der Waals surface area contributed by atoms with Gasteiger partial charge in [-0.1, -0.05) is 12.1 Å². The molecule has 0 aromatic heterocycles. The van der Waals surface area contributed by atoms with Crippen molar-refractivity contribution in [1.82, 2.24) is 0 Å². The summed E-state index contributed by atoms with van der Waals surface area (Å²) in [5, 5.41) is 2.40. The number of amides is 1. The van der Waals surface area contributed by atoms with Crippen LogP contribution in [0.1, 0.15) is 10.4 Å². The molecule has 1 amide bonds. The first kappa shape index (κ1) is 15.5. The van der Waals surface area contributed by atoms with Gasteiger partial charge in [0.1, 0.15) is 12.1 Å². The molecule has 0 aliphatic heterocycles. The van der Waals surface area contributed by atoms with Crippen LogP contribution in [0.3, 0.4) is 0 Å². The van der Waals surface area contributed by atoms with Crippen LogP contribution in [0, 0.1) is 5.82 Å². The van der Waals surface area contributed by atoms with Gasteiger partial charge < -0.3 is 14.8 Å². The fourth-order valence-electron chi connectivity index (χ4n) is 1.77. The number of methoxy groups -OCH3 is 1. The van der Waals surface area contributed by atoms with Crippen molar-refractivity contribution in [2.75, 3.05) is 19.0 Å². The Balaban J connectivity index is 2.02. The van der Waals surface area contributed by atoms with E-state index in [1.165, 1.54) is 31.4 Å². The zero-order chi connectivity index (χ0) is 15.9. The zero-order valence-corrected chi connectivity index (χ0v) is 11.8. The maximum absolute atomic E-state index is 13.4. The second-order valence-corrected chi connectivity index (χ2v) is 4.34. The van der Waals surface area contributed by atoms with Crippen LogP contribution < -0.4 is 14.8 Å². The van der Waals surface area contributed by atoms with E-state index in [1.807, 2.05) is 0 Å². The molecule has 0 unspecified atom stereocenters. The Kier molecular flexibility index (Phi) is 5.08. The van der Waals surface area contributed by atoms with Crippen LogP contribution in [0.25, 0.3) is 0 Å². The fraction of sp³-hybridized carbons (Fsp3) is 0.125. The molecule has 0 heterocycles. The molecule has 0 atom stereocenters. The number of para-hydroxylation sites is 1. The van der Waals surface area contributed by atoms with Crippen LogP contribution in [-0.4, -0.2) is 25.9 Å². The molecule has 114 valence electrons. The first-order chi connectivity index (χ1) is 10.6. The van der Waals surface area contributed by atoms with Gasteiger partial charge in [-0.3, -0.25) is 9.59 Å². The average Bonchev–Trinajstić information content (AvgIpc) is 2.54. The number of aldehydes is 1. The number of rotatable bonds is 6. The maximum atomic E-state index is 13.4. The molecular formula is C16H14FNO4. The lowest BCUT2D eigenvalue weighted by Gasteiger charge is -2.11. The summed E-state index contributed by atoms with van der Waals surface area (Å²) in [7, 11) is 1.45. The van der Waals surface area contributed by atoms with Crippen molar-refractivity contribution < 1.29 is 23.5 Å². The molecule has 22 heavy (non-hydrogen) atoms. The molecule has 0 saturated carbocycles. The lowest BCUT2D eigenvalue weighted by atomic mass is 10.2. The van der Waals surface area contributed by atoms with Crippen LogP contribution in [0.15, 0.2) is 42.5 Å². The molecule has 6 heteroatoms. The summed E-state index contributed by atoms with van der Waals surface area (Å²) in [4.78, 5) is 22.5. The van der Waals surface area contributed by atoms with Gasteiger partial charge in [-0.25, -0.2) is 4.39 Å². The summed E-state index contributed by atoms with van der Waals surface area (Å²) in [6.45, 7) is -0.340. The van der Waals surface area contributed by atoms with Crippen molar-refractivity contribution in [2.45, 2.75) is 0 Å². The molecular weight excluding hydrogens is 289 g/mol. The Morgan fingerprint density at radius 1 is 1.23 bits per heavy atom. The van der Waals surface area contributed by atoms with E-state index in [0.717, 1.165) is 0 Å². The molecule has 2 aromatic carbocycles. The van der Waals surface area contributed by atoms with Crippen LogP contribution in [0.2, 0.25) is 0 Å². The molecule has 1 N–H and O–H groups in total. The van der Waals surface area contributed by atoms with E-state index in [1.54, 1.807) is 18.2 Å². The van der Waals surface area contributed by atoms with Gasteiger partial charge in [0.25, 0.3) is 5.91 Å². The third kappa shape index (κ3) is 3.82. The van der Waals surface area contributed by atoms with Crippen molar-refractivity contribution in [3.63, 3.8) is 0 Å². The summed E-state index contributed by atoms with van der Waals surface area (Å²) in [6, 6.07) is 10.4. The summed E-state index contributed by atoms with van der Waals surface area (Å²) in [5.74, 6) is -0.403. The van der Waals surface area contributed by atoms with E-state index < -0.39 is 11.7 Å². The number of hydrogen-bond acceptors (Lipinski definition) is 4. The number of carbonyl (C=O) groups excluding carboxylic acids is 2. The van der Waals surface area contributed by atoms with Gasteiger partial charge in [0.15, 0.2) is 18.1 Å². The predicted octanol–water partition coefficient (Wildman–Crippen LogP) is 2.66. The highest BCUT2D eigenvalue weighted by molar-refractivity contribution is 5.92. The molecule has 5 nitrogen and oxygen atoms in total. The zero-order valence-electron chi connectivity index (χ0n) is 11.8. The van der Waals surface area contributed by atoms with Crippen molar-refractivity contribution in [2.24, 2.45) is 0 Å². The van der Waals surface area contributed by atoms with Crippen LogP contribution in [0.4, 0.5) is 10.1 Å². The van der Waals surface area contributed by atoms with Gasteiger partial charge >= 0.3 is 0 Å². The first-order valence-electron chi connectivity index (χ1n) is 6.44. The third-order valence-corrected chi connectivity index (χ3v) is 2.83. The fourth-order valence-corrected chi connectivity index (χ4v) is 1.77. The number of anilines is 1. The van der Waals surface area contributed by atoms with Gasteiger partial charge in [0, 0.05) is 5.56 Å². The predicted molar refractivity (Wildman–Crippen MR) is 78.9 cm³/mol. The number of carbonyl (C=O) groups is 2. The van der Waals surface area contributed by atoms with E-state index in [-0.39, 0.29) is 18.0 Å². The van der Waals surface area contributed by atoms with Gasteiger partial charge in [0.05, 0.1) is 12.8 Å². The lowest BCUT2D eigenvalue weighted by Crippen LogP contribution is -2.21. The quantitative estimate of drug-likeness (QED) is 0.833. The van der Waals surface area contributed by atoms with E-state index in [0.29, 0.717) is 17.6 Å². The SMILES string of the molecule is COc1ccc(C=O)cc1OCC(=O)Nc1ccccc1F. The van der Waals surface area contributed by atoms with Gasteiger partial charge in [0.2, 0.25) is 0 Å². The van der Waals surface area contributed by atoms with Crippen LogP contribution in [0.5, 0.6) is 11.5 Å². The summed E-state index contributed by atoms with van der Waals surface area (Å²) in [6.07, 6.45) is 0.658. The molecule has 0 fully saturated rings. The molecule has 2 aromatic rings. The summed E-state index contributed by atoms with van der Waals surface area (Å²) < 4.78 is 23.8. The minimum absolute atomic E-state index is 0.0738. The van der Waals surface area contributed by atoms with Crippen LogP contribution in [-0.2, 0) is 4.79 Å². The smallest absolute Gasteiger partial charge is 0.262 e. The third-order valence-electron chi connectivity index (χ3n) is 2.83. The number of nitrogens with one attached hydrogen (secondary N) is 1. The Morgan fingerprint density at radius 3 is 2.68 bits per heavy atom. The van der Waals surface area contributed by atoms with Crippen LogP contribution >= 0.6 is 0 Å². The lowest BCUT2D eigenvalue weighted by molar-refractivity contribution is -0.118. The van der Waals surface area contributed by atoms with E-state index in [4.69, 9.17) is 9.47 Å². The van der Waals surface area contributed by atoms with E-state index in [9.17, 15) is 14.0 Å². The highest BCUT2D eigenvalue weighted by Crippen LogP contribution is 2.27. The Hall–Kier alpha value is -2.89. The monoisotopic (exact) mass is 303 g/mol. The number of ether oxygens (including phenoxy) is 2. The molecule has 0 spiro atoms. The Labute approximate surface area is 126 Å². The van der Waals surface area contributed by atoms with Crippen molar-refractivity contribution in [3.8, 4) is 11.5 Å². The Bertz CT molecular complexity index is 688. The van der Waals surface area contributed by atoms with Crippen molar-refractivity contribution >= 4 is 17.9 Å². The minimum Gasteiger partial charge on any atom is -0.493 e. The topological polar surface area (TPSA) is 64.6 Å². The van der Waals surface area contributed by atoms with Crippen molar-refractivity contribution in [3.05, 3.63) is 53.8 Å². The van der Waals surface area contributed by atoms with Gasteiger partial charge in [-0.2, -0.15) is 0 Å². The summed E-state index contributed by atoms with van der Waals surface area (Å²) in [5.41, 5.74) is 0.468. The largest absolute Gasteiger partial charge is 0.493 e. The molecule has 0 aliphatic carbocycles. The summed E-state index contributed by atoms with van der Waals surface area (Å²) >= 11 is 0. The highest BCUT2D eigenvalue weighted by atomic mass is 19.1. The van der Waals surface area contributed by atoms with Crippen molar-refractivity contribution in [1.29, 1.82) is 0 Å². The van der Waals surface area contributed by atoms with Gasteiger partial charge in [-0.15, -0.1) is 0 Å². The van der Waals surface area contributed by atoms with E-state index in [2.05, 4.69) is 5.32 Å². The molecule has 0 aliphatic rings. The first-order valence-corrected chi connectivity index (χ1v) is 6.44. The number of hydrogen-bond donors (Lipinski definition) is 1. The van der Waals surface area contributed by atoms with E-state index >= 15 is 0 Å². The average molecular weight is 303 g/mol. The second-order valence-electron chi connectivity index (χ2n) is 4.34. The maximum Gasteiger partial charge on any atom is 0.262 e.